The van der Waals surface area contributed by atoms with Crippen molar-refractivity contribution >= 4 is 6.03 Å². The predicted molar refractivity (Wildman–Crippen MR) is 100 cm³/mol. The molecule has 6 heteroatoms. The standard InChI is InChI=1S/C21H22FN3O2/c1-2-11-24-21(27)25-18(12-23)20(19(25)13-26)15-9-7-14(8-10-15)16-5-3-4-6-17(16)22/h3-10,18-20,26H,2,11,13H2,1H3,(H,24,27)/t18-,19+,20-/m1/s1. The van der Waals surface area contributed by atoms with E-state index in [1.807, 2.05) is 19.1 Å². The summed E-state index contributed by atoms with van der Waals surface area (Å²) in [6.07, 6.45) is 0.793. The number of halogens is 1. The maximum atomic E-state index is 14.0. The molecule has 0 bridgehead atoms. The van der Waals surface area contributed by atoms with Crippen molar-refractivity contribution in [3.8, 4) is 17.2 Å². The summed E-state index contributed by atoms with van der Waals surface area (Å²) in [7, 11) is 0. The third kappa shape index (κ3) is 3.51. The lowest BCUT2D eigenvalue weighted by atomic mass is 9.76. The molecule has 0 aliphatic carbocycles. The highest BCUT2D eigenvalue weighted by atomic mass is 19.1. The van der Waals surface area contributed by atoms with Crippen molar-refractivity contribution in [2.24, 2.45) is 0 Å². The minimum atomic E-state index is -0.640. The molecule has 2 aromatic rings. The first-order chi connectivity index (χ1) is 13.1. The zero-order valence-electron chi connectivity index (χ0n) is 15.1. The SMILES string of the molecule is CCCNC(=O)N1[C@H](C#N)[C@@H](c2ccc(-c3ccccc3F)cc2)[C@@H]1CO. The summed E-state index contributed by atoms with van der Waals surface area (Å²) in [5.74, 6) is -0.571. The minimum absolute atomic E-state index is 0.225. The predicted octanol–water partition coefficient (Wildman–Crippen LogP) is 3.26. The van der Waals surface area contributed by atoms with E-state index in [-0.39, 0.29) is 24.4 Å². The Morgan fingerprint density at radius 3 is 2.56 bits per heavy atom. The van der Waals surface area contributed by atoms with Crippen LogP contribution in [-0.2, 0) is 0 Å². The van der Waals surface area contributed by atoms with Crippen molar-refractivity contribution in [3.05, 3.63) is 59.9 Å². The highest BCUT2D eigenvalue weighted by Crippen LogP contribution is 2.41. The number of hydrogen-bond donors (Lipinski definition) is 2. The lowest BCUT2D eigenvalue weighted by Gasteiger charge is -2.51. The Morgan fingerprint density at radius 1 is 1.26 bits per heavy atom. The molecule has 1 saturated heterocycles. The average Bonchev–Trinajstić information content (AvgIpc) is 2.67. The largest absolute Gasteiger partial charge is 0.394 e. The Hall–Kier alpha value is -2.91. The van der Waals surface area contributed by atoms with Gasteiger partial charge < -0.3 is 15.3 Å². The summed E-state index contributed by atoms with van der Waals surface area (Å²) in [6.45, 7) is 2.24. The van der Waals surface area contributed by atoms with Crippen molar-refractivity contribution < 1.29 is 14.3 Å². The molecule has 0 unspecified atom stereocenters. The highest BCUT2D eigenvalue weighted by molar-refractivity contribution is 5.77. The van der Waals surface area contributed by atoms with E-state index in [9.17, 15) is 19.6 Å². The lowest BCUT2D eigenvalue weighted by Crippen LogP contribution is -2.67. The second-order valence-corrected chi connectivity index (χ2v) is 6.59. The number of amides is 2. The molecule has 27 heavy (non-hydrogen) atoms. The summed E-state index contributed by atoms with van der Waals surface area (Å²) in [6, 6.07) is 14.6. The fourth-order valence-electron chi connectivity index (χ4n) is 3.59. The Kier molecular flexibility index (Phi) is 5.72. The van der Waals surface area contributed by atoms with Gasteiger partial charge in [0.2, 0.25) is 0 Å². The van der Waals surface area contributed by atoms with Gasteiger partial charge in [0.05, 0.1) is 18.7 Å². The van der Waals surface area contributed by atoms with Crippen molar-refractivity contribution in [1.82, 2.24) is 10.2 Å². The fraction of sp³-hybridized carbons (Fsp3) is 0.333. The van der Waals surface area contributed by atoms with Gasteiger partial charge in [-0.2, -0.15) is 5.26 Å². The third-order valence-electron chi connectivity index (χ3n) is 4.97. The molecule has 0 aromatic heterocycles. The maximum absolute atomic E-state index is 14.0. The van der Waals surface area contributed by atoms with Gasteiger partial charge in [0.15, 0.2) is 0 Å². The first-order valence-electron chi connectivity index (χ1n) is 9.03. The molecule has 0 spiro atoms. The van der Waals surface area contributed by atoms with Crippen LogP contribution in [0.25, 0.3) is 11.1 Å². The molecule has 2 amide bonds. The molecule has 1 aliphatic heterocycles. The number of nitrogens with zero attached hydrogens (tertiary/aromatic N) is 2. The smallest absolute Gasteiger partial charge is 0.318 e. The number of urea groups is 1. The van der Waals surface area contributed by atoms with E-state index in [4.69, 9.17) is 0 Å². The maximum Gasteiger partial charge on any atom is 0.318 e. The molecule has 1 aliphatic rings. The van der Waals surface area contributed by atoms with Gasteiger partial charge in [-0.3, -0.25) is 0 Å². The van der Waals surface area contributed by atoms with Crippen molar-refractivity contribution in [2.45, 2.75) is 31.3 Å². The molecule has 5 nitrogen and oxygen atoms in total. The summed E-state index contributed by atoms with van der Waals surface area (Å²) in [5.41, 5.74) is 2.09. The van der Waals surface area contributed by atoms with Gasteiger partial charge in [0.25, 0.3) is 0 Å². The zero-order chi connectivity index (χ0) is 19.4. The number of likely N-dealkylation sites (tertiary alicyclic amines) is 1. The number of aliphatic hydroxyl groups excluding tert-OH is 1. The summed E-state index contributed by atoms with van der Waals surface area (Å²) in [5, 5.41) is 22.1. The van der Waals surface area contributed by atoms with Crippen LogP contribution in [0.15, 0.2) is 48.5 Å². The minimum Gasteiger partial charge on any atom is -0.394 e. The molecule has 1 heterocycles. The van der Waals surface area contributed by atoms with Crippen LogP contribution in [0, 0.1) is 17.1 Å². The third-order valence-corrected chi connectivity index (χ3v) is 4.97. The monoisotopic (exact) mass is 367 g/mol. The van der Waals surface area contributed by atoms with Crippen LogP contribution in [0.5, 0.6) is 0 Å². The molecule has 0 saturated carbocycles. The second kappa shape index (κ2) is 8.19. The lowest BCUT2D eigenvalue weighted by molar-refractivity contribution is 0.0169. The molecule has 2 aromatic carbocycles. The molecular formula is C21H22FN3O2. The fourth-order valence-corrected chi connectivity index (χ4v) is 3.59. The molecule has 0 radical (unpaired) electrons. The van der Waals surface area contributed by atoms with Crippen LogP contribution >= 0.6 is 0 Å². The molecule has 3 rings (SSSR count). The summed E-state index contributed by atoms with van der Waals surface area (Å²) >= 11 is 0. The number of nitriles is 1. The normalized spacial score (nSPS) is 21.3. The first kappa shape index (κ1) is 18.9. The first-order valence-corrected chi connectivity index (χ1v) is 9.03. The Morgan fingerprint density at radius 2 is 1.96 bits per heavy atom. The van der Waals surface area contributed by atoms with E-state index in [1.165, 1.54) is 11.0 Å². The van der Waals surface area contributed by atoms with Gasteiger partial charge in [-0.1, -0.05) is 49.4 Å². The van der Waals surface area contributed by atoms with E-state index >= 15 is 0 Å². The summed E-state index contributed by atoms with van der Waals surface area (Å²) < 4.78 is 14.0. The topological polar surface area (TPSA) is 76.4 Å². The van der Waals surface area contributed by atoms with Crippen LogP contribution in [-0.4, -0.2) is 41.3 Å². The van der Waals surface area contributed by atoms with E-state index in [2.05, 4.69) is 11.4 Å². The molecule has 2 N–H and O–H groups in total. The van der Waals surface area contributed by atoms with E-state index in [1.54, 1.807) is 30.3 Å². The Labute approximate surface area is 158 Å². The van der Waals surface area contributed by atoms with E-state index in [0.29, 0.717) is 12.1 Å². The zero-order valence-corrected chi connectivity index (χ0v) is 15.1. The Bertz CT molecular complexity index is 847. The number of hydrogen-bond acceptors (Lipinski definition) is 3. The number of carbonyl (C=O) groups excluding carboxylic acids is 1. The number of carbonyl (C=O) groups is 1. The number of aliphatic hydroxyl groups is 1. The number of rotatable bonds is 5. The number of nitrogens with one attached hydrogen (secondary N) is 1. The van der Waals surface area contributed by atoms with Crippen LogP contribution in [0.4, 0.5) is 9.18 Å². The molecule has 140 valence electrons. The van der Waals surface area contributed by atoms with Gasteiger partial charge >= 0.3 is 6.03 Å². The van der Waals surface area contributed by atoms with Crippen LogP contribution < -0.4 is 5.32 Å². The molecule has 3 atom stereocenters. The number of benzene rings is 2. The average molecular weight is 367 g/mol. The van der Waals surface area contributed by atoms with Gasteiger partial charge in [-0.25, -0.2) is 9.18 Å². The Balaban J connectivity index is 1.82. The van der Waals surface area contributed by atoms with Gasteiger partial charge in [0, 0.05) is 18.0 Å². The van der Waals surface area contributed by atoms with Crippen LogP contribution in [0.2, 0.25) is 0 Å². The van der Waals surface area contributed by atoms with Crippen molar-refractivity contribution in [3.63, 3.8) is 0 Å². The molecular weight excluding hydrogens is 345 g/mol. The van der Waals surface area contributed by atoms with Crippen LogP contribution in [0.3, 0.4) is 0 Å². The van der Waals surface area contributed by atoms with Crippen molar-refractivity contribution in [2.75, 3.05) is 13.2 Å². The van der Waals surface area contributed by atoms with E-state index in [0.717, 1.165) is 17.5 Å². The van der Waals surface area contributed by atoms with Gasteiger partial charge in [-0.15, -0.1) is 0 Å². The summed E-state index contributed by atoms with van der Waals surface area (Å²) in [4.78, 5) is 13.7. The van der Waals surface area contributed by atoms with Crippen LogP contribution in [0.1, 0.15) is 24.8 Å². The second-order valence-electron chi connectivity index (χ2n) is 6.59. The van der Waals surface area contributed by atoms with Gasteiger partial charge in [-0.05, 0) is 23.6 Å². The highest BCUT2D eigenvalue weighted by Gasteiger charge is 2.51. The van der Waals surface area contributed by atoms with E-state index < -0.39 is 12.1 Å². The van der Waals surface area contributed by atoms with Crippen molar-refractivity contribution in [1.29, 1.82) is 5.26 Å². The van der Waals surface area contributed by atoms with Gasteiger partial charge in [0.1, 0.15) is 11.9 Å². The quantitative estimate of drug-likeness (QED) is 0.852. The molecule has 1 fully saturated rings.